The number of amides is 2. The third-order valence-corrected chi connectivity index (χ3v) is 4.59. The van der Waals surface area contributed by atoms with Crippen LogP contribution in [0.5, 0.6) is 0 Å². The van der Waals surface area contributed by atoms with Crippen molar-refractivity contribution < 1.29 is 9.90 Å². The van der Waals surface area contributed by atoms with Crippen molar-refractivity contribution in [2.75, 3.05) is 46.3 Å². The molecule has 0 unspecified atom stereocenters. The Hall–Kier alpha value is -1.63. The monoisotopic (exact) mass is 348 g/mol. The number of carbonyl (C=O) groups excluding carboxylic acids is 1. The van der Waals surface area contributed by atoms with Gasteiger partial charge in [-0.25, -0.2) is 4.79 Å². The Morgan fingerprint density at radius 1 is 1.16 bits per heavy atom. The number of rotatable bonds is 6. The third kappa shape index (κ3) is 6.65. The van der Waals surface area contributed by atoms with Gasteiger partial charge in [-0.3, -0.25) is 4.90 Å². The molecule has 0 saturated carbocycles. The van der Waals surface area contributed by atoms with Gasteiger partial charge in [-0.05, 0) is 33.4 Å². The van der Waals surface area contributed by atoms with E-state index < -0.39 is 6.10 Å². The molecule has 3 N–H and O–H groups in total. The number of hydrogen-bond donors (Lipinski definition) is 3. The number of benzene rings is 1. The van der Waals surface area contributed by atoms with Crippen LogP contribution in [-0.2, 0) is 0 Å². The third-order valence-electron chi connectivity index (χ3n) is 4.59. The molecule has 2 amide bonds. The molecule has 1 aromatic carbocycles. The maximum absolute atomic E-state index is 12.1. The molecule has 25 heavy (non-hydrogen) atoms. The average Bonchev–Trinajstić information content (AvgIpc) is 2.53. The molecular weight excluding hydrogens is 316 g/mol. The number of nitrogens with zero attached hydrogens (tertiary/aromatic N) is 2. The Balaban J connectivity index is 1.72. The number of aryl methyl sites for hydroxylation is 2. The lowest BCUT2D eigenvalue weighted by molar-refractivity contribution is 0.143. The largest absolute Gasteiger partial charge is 0.387 e. The van der Waals surface area contributed by atoms with Gasteiger partial charge in [-0.1, -0.05) is 29.3 Å². The van der Waals surface area contributed by atoms with E-state index in [1.54, 1.807) is 0 Å². The highest BCUT2D eigenvalue weighted by Crippen LogP contribution is 2.16. The van der Waals surface area contributed by atoms with Gasteiger partial charge in [0.2, 0.25) is 0 Å². The first-order valence-corrected chi connectivity index (χ1v) is 9.05. The number of carbonyl (C=O) groups is 1. The zero-order valence-corrected chi connectivity index (χ0v) is 15.9. The zero-order valence-electron chi connectivity index (χ0n) is 15.9. The van der Waals surface area contributed by atoms with Crippen molar-refractivity contribution in [3.05, 3.63) is 34.9 Å². The van der Waals surface area contributed by atoms with Crippen LogP contribution in [0.4, 0.5) is 4.79 Å². The Labute approximate surface area is 151 Å². The highest BCUT2D eigenvalue weighted by molar-refractivity contribution is 5.74. The smallest absolute Gasteiger partial charge is 0.315 e. The van der Waals surface area contributed by atoms with Crippen molar-refractivity contribution in [1.29, 1.82) is 0 Å². The van der Waals surface area contributed by atoms with E-state index in [1.165, 1.54) is 0 Å². The maximum atomic E-state index is 12.1. The number of aliphatic hydroxyl groups is 1. The predicted octanol–water partition coefficient (Wildman–Crippen LogP) is 1.27. The summed E-state index contributed by atoms with van der Waals surface area (Å²) in [7, 11) is 2.13. The molecule has 1 saturated heterocycles. The number of nitrogens with one attached hydrogen (secondary N) is 2. The quantitative estimate of drug-likeness (QED) is 0.724. The van der Waals surface area contributed by atoms with Gasteiger partial charge in [0, 0.05) is 45.3 Å². The molecule has 0 bridgehead atoms. The van der Waals surface area contributed by atoms with Crippen LogP contribution in [0.1, 0.15) is 29.7 Å². The molecule has 0 radical (unpaired) electrons. The fraction of sp³-hybridized carbons (Fsp3) is 0.632. The number of hydrogen-bond acceptors (Lipinski definition) is 4. The molecule has 2 rings (SSSR count). The number of aliphatic hydroxyl groups excluding tert-OH is 1. The first kappa shape index (κ1) is 19.7. The summed E-state index contributed by atoms with van der Waals surface area (Å²) in [5.74, 6) is 0. The van der Waals surface area contributed by atoms with Crippen LogP contribution in [0.15, 0.2) is 18.2 Å². The molecule has 1 aromatic rings. The summed E-state index contributed by atoms with van der Waals surface area (Å²) < 4.78 is 0. The predicted molar refractivity (Wildman–Crippen MR) is 101 cm³/mol. The number of urea groups is 1. The van der Waals surface area contributed by atoms with E-state index in [0.29, 0.717) is 0 Å². The minimum Gasteiger partial charge on any atom is -0.387 e. The summed E-state index contributed by atoms with van der Waals surface area (Å²) in [6, 6.07) is 5.81. The van der Waals surface area contributed by atoms with Crippen molar-refractivity contribution in [3.63, 3.8) is 0 Å². The summed E-state index contributed by atoms with van der Waals surface area (Å²) in [5.41, 5.74) is 3.06. The van der Waals surface area contributed by atoms with Crippen LogP contribution < -0.4 is 10.6 Å². The molecular formula is C19H32N4O2. The van der Waals surface area contributed by atoms with Gasteiger partial charge in [0.15, 0.2) is 0 Å². The molecule has 0 aromatic heterocycles. The molecule has 1 heterocycles. The van der Waals surface area contributed by atoms with E-state index in [2.05, 4.69) is 33.5 Å². The van der Waals surface area contributed by atoms with Crippen LogP contribution in [0.2, 0.25) is 0 Å². The second-order valence-electron chi connectivity index (χ2n) is 7.30. The van der Waals surface area contributed by atoms with E-state index in [1.807, 2.05) is 32.9 Å². The van der Waals surface area contributed by atoms with E-state index in [0.717, 1.165) is 49.4 Å². The highest BCUT2D eigenvalue weighted by Gasteiger charge is 2.17. The molecule has 1 fully saturated rings. The zero-order chi connectivity index (χ0) is 18.4. The first-order chi connectivity index (χ1) is 11.8. The van der Waals surface area contributed by atoms with Gasteiger partial charge in [0.25, 0.3) is 0 Å². The Kier molecular flexibility index (Phi) is 7.23. The van der Waals surface area contributed by atoms with E-state index in [-0.39, 0.29) is 18.6 Å². The molecule has 6 nitrogen and oxygen atoms in total. The van der Waals surface area contributed by atoms with Crippen LogP contribution >= 0.6 is 0 Å². The second-order valence-corrected chi connectivity index (χ2v) is 7.30. The van der Waals surface area contributed by atoms with Crippen LogP contribution in [0.25, 0.3) is 0 Å². The van der Waals surface area contributed by atoms with E-state index in [9.17, 15) is 9.90 Å². The fourth-order valence-electron chi connectivity index (χ4n) is 3.25. The topological polar surface area (TPSA) is 67.8 Å². The lowest BCUT2D eigenvalue weighted by Gasteiger charge is -2.34. The van der Waals surface area contributed by atoms with Crippen molar-refractivity contribution in [1.82, 2.24) is 20.4 Å². The average molecular weight is 348 g/mol. The van der Waals surface area contributed by atoms with Crippen LogP contribution in [-0.4, -0.2) is 73.3 Å². The molecule has 1 aliphatic rings. The minimum atomic E-state index is -0.697. The molecule has 0 aliphatic carbocycles. The van der Waals surface area contributed by atoms with Crippen LogP contribution in [0.3, 0.4) is 0 Å². The normalized spacial score (nSPS) is 18.6. The lowest BCUT2D eigenvalue weighted by atomic mass is 10.0. The second kappa shape index (κ2) is 9.17. The molecule has 140 valence electrons. The van der Waals surface area contributed by atoms with Crippen LogP contribution in [0, 0.1) is 13.8 Å². The Bertz CT molecular complexity index is 550. The van der Waals surface area contributed by atoms with Crippen molar-refractivity contribution in [3.8, 4) is 0 Å². The van der Waals surface area contributed by atoms with Crippen molar-refractivity contribution in [2.24, 2.45) is 0 Å². The van der Waals surface area contributed by atoms with Crippen molar-refractivity contribution in [2.45, 2.75) is 32.9 Å². The van der Waals surface area contributed by atoms with E-state index in [4.69, 9.17) is 0 Å². The minimum absolute atomic E-state index is 0.0711. The molecule has 6 heteroatoms. The van der Waals surface area contributed by atoms with Gasteiger partial charge >= 0.3 is 6.03 Å². The summed E-state index contributed by atoms with van der Waals surface area (Å²) in [6.45, 7) is 11.3. The molecule has 2 atom stereocenters. The Morgan fingerprint density at radius 3 is 2.36 bits per heavy atom. The van der Waals surface area contributed by atoms with Gasteiger partial charge in [-0.2, -0.15) is 0 Å². The fourth-order valence-corrected chi connectivity index (χ4v) is 3.25. The first-order valence-electron chi connectivity index (χ1n) is 9.05. The maximum Gasteiger partial charge on any atom is 0.315 e. The SMILES string of the molecule is Cc1cc(C)cc([C@H](O)CNC(=O)N[C@@H](C)CN2CCN(C)CC2)c1. The van der Waals surface area contributed by atoms with Crippen molar-refractivity contribution >= 4 is 6.03 Å². The van der Waals surface area contributed by atoms with Gasteiger partial charge in [-0.15, -0.1) is 0 Å². The molecule has 0 spiro atoms. The van der Waals surface area contributed by atoms with Gasteiger partial charge in [0.05, 0.1) is 6.10 Å². The molecule has 1 aliphatic heterocycles. The Morgan fingerprint density at radius 2 is 1.76 bits per heavy atom. The standard InChI is InChI=1S/C19H32N4O2/c1-14-9-15(2)11-17(10-14)18(24)12-20-19(25)21-16(3)13-23-7-5-22(4)6-8-23/h9-11,16,18,24H,5-8,12-13H2,1-4H3,(H2,20,21,25)/t16-,18+/m0/s1. The number of piperazine rings is 1. The summed E-state index contributed by atoms with van der Waals surface area (Å²) in [5, 5.41) is 16.0. The number of likely N-dealkylation sites (N-methyl/N-ethyl adjacent to an activating group) is 1. The summed E-state index contributed by atoms with van der Waals surface area (Å²) in [6.07, 6.45) is -0.697. The van der Waals surface area contributed by atoms with Gasteiger partial charge in [0.1, 0.15) is 0 Å². The summed E-state index contributed by atoms with van der Waals surface area (Å²) in [4.78, 5) is 16.7. The van der Waals surface area contributed by atoms with E-state index >= 15 is 0 Å². The highest BCUT2D eigenvalue weighted by atomic mass is 16.3. The summed E-state index contributed by atoms with van der Waals surface area (Å²) >= 11 is 0. The lowest BCUT2D eigenvalue weighted by Crippen LogP contribution is -2.51. The van der Waals surface area contributed by atoms with Gasteiger partial charge < -0.3 is 20.6 Å².